The van der Waals surface area contributed by atoms with E-state index in [1.807, 2.05) is 37.3 Å². The zero-order valence-corrected chi connectivity index (χ0v) is 14.0. The Balaban J connectivity index is 1.63. The van der Waals surface area contributed by atoms with E-state index in [-0.39, 0.29) is 12.5 Å². The number of carbonyl (C=O) groups is 1. The number of amides is 1. The largest absolute Gasteiger partial charge is 0.485 e. The van der Waals surface area contributed by atoms with Gasteiger partial charge in [0.1, 0.15) is 6.61 Å². The van der Waals surface area contributed by atoms with Gasteiger partial charge < -0.3 is 9.47 Å². The third-order valence-electron chi connectivity index (χ3n) is 4.28. The lowest BCUT2D eigenvalue weighted by molar-refractivity contribution is -0.130. The van der Waals surface area contributed by atoms with E-state index in [1.54, 1.807) is 12.3 Å². The molecular formula is C19H20N2O3. The zero-order chi connectivity index (χ0) is 17.1. The van der Waals surface area contributed by atoms with E-state index in [4.69, 9.17) is 9.47 Å². The smallest absolute Gasteiger partial charge is 0.284 e. The van der Waals surface area contributed by atoms with Gasteiger partial charge in [-0.05, 0) is 55.2 Å². The molecule has 0 aliphatic carbocycles. The number of hydrogen-bond acceptors (Lipinski definition) is 4. The van der Waals surface area contributed by atoms with E-state index < -0.39 is 6.10 Å². The summed E-state index contributed by atoms with van der Waals surface area (Å²) in [5.74, 6) is 0.885. The number of hydrazone groups is 1. The van der Waals surface area contributed by atoms with Crippen molar-refractivity contribution in [1.29, 1.82) is 0 Å². The molecule has 1 N–H and O–H groups in total. The fourth-order valence-corrected chi connectivity index (χ4v) is 2.50. The van der Waals surface area contributed by atoms with Crippen molar-refractivity contribution in [3.8, 4) is 11.5 Å². The average molecular weight is 324 g/mol. The van der Waals surface area contributed by atoms with Crippen molar-refractivity contribution in [1.82, 2.24) is 5.43 Å². The highest BCUT2D eigenvalue weighted by atomic mass is 16.6. The van der Waals surface area contributed by atoms with Crippen LogP contribution >= 0.6 is 0 Å². The molecule has 0 spiro atoms. The summed E-state index contributed by atoms with van der Waals surface area (Å²) in [6.45, 7) is 6.36. The molecule has 5 heteroatoms. The number of hydrogen-bond donors (Lipinski definition) is 1. The number of fused-ring (bicyclic) bond motifs is 1. The van der Waals surface area contributed by atoms with Gasteiger partial charge in [0.2, 0.25) is 6.10 Å². The minimum Gasteiger partial charge on any atom is -0.485 e. The molecule has 124 valence electrons. The fraction of sp³-hybridized carbons (Fsp3) is 0.263. The Morgan fingerprint density at radius 2 is 1.88 bits per heavy atom. The Labute approximate surface area is 141 Å². The number of para-hydroxylation sites is 2. The molecule has 1 aliphatic heterocycles. The minimum absolute atomic E-state index is 0.168. The molecule has 5 nitrogen and oxygen atoms in total. The summed E-state index contributed by atoms with van der Waals surface area (Å²) in [7, 11) is 0. The second kappa shape index (κ2) is 6.74. The monoisotopic (exact) mass is 324 g/mol. The van der Waals surface area contributed by atoms with Gasteiger partial charge in [0, 0.05) is 0 Å². The Morgan fingerprint density at radius 3 is 2.67 bits per heavy atom. The van der Waals surface area contributed by atoms with Crippen molar-refractivity contribution in [2.45, 2.75) is 26.9 Å². The topological polar surface area (TPSA) is 59.9 Å². The molecule has 1 aliphatic rings. The summed E-state index contributed by atoms with van der Waals surface area (Å²) in [6.07, 6.45) is 0.940. The quantitative estimate of drug-likeness (QED) is 0.697. The van der Waals surface area contributed by atoms with Crippen LogP contribution in [0.25, 0.3) is 0 Å². The normalized spacial score (nSPS) is 16.2. The first kappa shape index (κ1) is 16.1. The van der Waals surface area contributed by atoms with E-state index in [2.05, 4.69) is 24.4 Å². The van der Waals surface area contributed by atoms with E-state index >= 15 is 0 Å². The Bertz CT molecular complexity index is 799. The van der Waals surface area contributed by atoms with Crippen LogP contribution < -0.4 is 14.9 Å². The van der Waals surface area contributed by atoms with Crippen molar-refractivity contribution in [3.05, 3.63) is 58.7 Å². The maximum Gasteiger partial charge on any atom is 0.284 e. The van der Waals surface area contributed by atoms with Gasteiger partial charge in [-0.1, -0.05) is 24.3 Å². The van der Waals surface area contributed by atoms with Crippen LogP contribution in [-0.2, 0) is 4.79 Å². The van der Waals surface area contributed by atoms with Crippen LogP contribution in [-0.4, -0.2) is 24.8 Å². The van der Waals surface area contributed by atoms with Gasteiger partial charge in [0.05, 0.1) is 6.21 Å². The molecule has 2 aromatic carbocycles. The number of nitrogens with one attached hydrogen (secondary N) is 1. The van der Waals surface area contributed by atoms with Crippen LogP contribution in [0.4, 0.5) is 0 Å². The lowest BCUT2D eigenvalue weighted by Gasteiger charge is -2.24. The first-order valence-electron chi connectivity index (χ1n) is 7.84. The lowest BCUT2D eigenvalue weighted by Crippen LogP contribution is -2.42. The van der Waals surface area contributed by atoms with Gasteiger partial charge in [0.15, 0.2) is 11.5 Å². The molecule has 0 saturated heterocycles. The Kier molecular flexibility index (Phi) is 4.51. The van der Waals surface area contributed by atoms with Gasteiger partial charge in [-0.2, -0.15) is 5.10 Å². The number of carbonyl (C=O) groups excluding carboxylic acids is 1. The summed E-state index contributed by atoms with van der Waals surface area (Å²) in [5.41, 5.74) is 7.11. The molecular weight excluding hydrogens is 304 g/mol. The molecule has 24 heavy (non-hydrogen) atoms. The van der Waals surface area contributed by atoms with Crippen LogP contribution in [0.1, 0.15) is 22.3 Å². The number of rotatable bonds is 3. The van der Waals surface area contributed by atoms with Gasteiger partial charge in [0.25, 0.3) is 5.91 Å². The van der Waals surface area contributed by atoms with Crippen molar-refractivity contribution >= 4 is 12.1 Å². The molecule has 1 heterocycles. The third kappa shape index (κ3) is 3.25. The van der Waals surface area contributed by atoms with Crippen LogP contribution in [0.2, 0.25) is 0 Å². The molecule has 0 saturated carbocycles. The van der Waals surface area contributed by atoms with E-state index in [1.165, 1.54) is 11.1 Å². The molecule has 0 fully saturated rings. The summed E-state index contributed by atoms with van der Waals surface area (Å²) >= 11 is 0. The van der Waals surface area contributed by atoms with Crippen molar-refractivity contribution in [2.24, 2.45) is 5.10 Å². The summed E-state index contributed by atoms with van der Waals surface area (Å²) < 4.78 is 11.2. The predicted molar refractivity (Wildman–Crippen MR) is 92.7 cm³/mol. The molecule has 2 aromatic rings. The standard InChI is InChI=1S/C19H20N2O3/c1-12-8-9-15(14(3)13(12)2)10-20-21-19(22)18-11-23-16-6-4-5-7-17(16)24-18/h4-10,18H,11H2,1-3H3,(H,21,22)/b20-10-/t18-/m1/s1. The van der Waals surface area contributed by atoms with Gasteiger partial charge in [-0.25, -0.2) is 5.43 Å². The van der Waals surface area contributed by atoms with Gasteiger partial charge in [-0.3, -0.25) is 4.79 Å². The summed E-state index contributed by atoms with van der Waals surface area (Å²) in [4.78, 5) is 12.2. The molecule has 1 amide bonds. The number of ether oxygens (including phenoxy) is 2. The van der Waals surface area contributed by atoms with Crippen LogP contribution in [0.3, 0.4) is 0 Å². The average Bonchev–Trinajstić information content (AvgIpc) is 2.61. The second-order valence-electron chi connectivity index (χ2n) is 5.82. The summed E-state index contributed by atoms with van der Waals surface area (Å²) in [6, 6.07) is 11.3. The maximum absolute atomic E-state index is 12.2. The second-order valence-corrected chi connectivity index (χ2v) is 5.82. The van der Waals surface area contributed by atoms with Crippen molar-refractivity contribution in [3.63, 3.8) is 0 Å². The third-order valence-corrected chi connectivity index (χ3v) is 4.28. The SMILES string of the molecule is Cc1ccc(/C=N\NC(=O)[C@H]2COc3ccccc3O2)c(C)c1C. The van der Waals surface area contributed by atoms with Crippen LogP contribution in [0, 0.1) is 20.8 Å². The predicted octanol–water partition coefficient (Wildman–Crippen LogP) is 2.90. The van der Waals surface area contributed by atoms with Gasteiger partial charge in [-0.15, -0.1) is 0 Å². The molecule has 0 unspecified atom stereocenters. The van der Waals surface area contributed by atoms with Crippen LogP contribution in [0.5, 0.6) is 11.5 Å². The maximum atomic E-state index is 12.2. The first-order chi connectivity index (χ1) is 11.6. The molecule has 0 radical (unpaired) electrons. The van der Waals surface area contributed by atoms with E-state index in [9.17, 15) is 4.79 Å². The van der Waals surface area contributed by atoms with E-state index in [0.717, 1.165) is 11.1 Å². The minimum atomic E-state index is -0.710. The number of benzene rings is 2. The van der Waals surface area contributed by atoms with Crippen LogP contribution in [0.15, 0.2) is 41.5 Å². The highest BCUT2D eigenvalue weighted by molar-refractivity contribution is 5.86. The highest BCUT2D eigenvalue weighted by Gasteiger charge is 2.26. The summed E-state index contributed by atoms with van der Waals surface area (Å²) in [5, 5.41) is 4.04. The Morgan fingerprint density at radius 1 is 1.12 bits per heavy atom. The fourth-order valence-electron chi connectivity index (χ4n) is 2.50. The molecule has 1 atom stereocenters. The molecule has 0 bridgehead atoms. The lowest BCUT2D eigenvalue weighted by atomic mass is 10.00. The first-order valence-corrected chi connectivity index (χ1v) is 7.84. The van der Waals surface area contributed by atoms with Crippen molar-refractivity contribution < 1.29 is 14.3 Å². The van der Waals surface area contributed by atoms with Gasteiger partial charge >= 0.3 is 0 Å². The molecule has 3 rings (SSSR count). The number of nitrogens with zero attached hydrogens (tertiary/aromatic N) is 1. The molecule has 0 aromatic heterocycles. The van der Waals surface area contributed by atoms with Crippen molar-refractivity contribution in [2.75, 3.05) is 6.61 Å². The Hall–Kier alpha value is -2.82. The zero-order valence-electron chi connectivity index (χ0n) is 14.0. The van der Waals surface area contributed by atoms with E-state index in [0.29, 0.717) is 11.5 Å². The highest BCUT2D eigenvalue weighted by Crippen LogP contribution is 2.30. The number of aryl methyl sites for hydroxylation is 1.